The lowest BCUT2D eigenvalue weighted by Crippen LogP contribution is -2.52. The second kappa shape index (κ2) is 9.45. The summed E-state index contributed by atoms with van der Waals surface area (Å²) in [5.41, 5.74) is 6.96. The van der Waals surface area contributed by atoms with Crippen LogP contribution < -0.4 is 11.1 Å². The summed E-state index contributed by atoms with van der Waals surface area (Å²) in [4.78, 5) is 16.4. The third kappa shape index (κ3) is 5.39. The maximum atomic E-state index is 12.8. The molecule has 1 aromatic carbocycles. The Morgan fingerprint density at radius 3 is 2.66 bits per heavy atom. The van der Waals surface area contributed by atoms with E-state index < -0.39 is 28.2 Å². The first-order chi connectivity index (χ1) is 13.9. The van der Waals surface area contributed by atoms with E-state index in [-0.39, 0.29) is 24.0 Å². The first-order valence-corrected chi connectivity index (χ1v) is 11.0. The molecule has 1 aromatic heterocycles. The van der Waals surface area contributed by atoms with Crippen LogP contribution in [0, 0.1) is 0 Å². The summed E-state index contributed by atoms with van der Waals surface area (Å²) in [5.74, 6) is -0.362. The molecule has 0 radical (unpaired) electrons. The van der Waals surface area contributed by atoms with E-state index in [1.54, 1.807) is 12.1 Å². The van der Waals surface area contributed by atoms with Crippen LogP contribution in [0.3, 0.4) is 0 Å². The third-order valence-corrected chi connectivity index (χ3v) is 6.76. The summed E-state index contributed by atoms with van der Waals surface area (Å²) < 4.78 is 26.8. The van der Waals surface area contributed by atoms with Crippen LogP contribution in [0.4, 0.5) is 0 Å². The lowest BCUT2D eigenvalue weighted by atomic mass is 10.0. The minimum Gasteiger partial charge on any atom is -0.390 e. The number of carbonyl (C=O) groups is 1. The highest BCUT2D eigenvalue weighted by Gasteiger charge is 2.34. The van der Waals surface area contributed by atoms with Crippen molar-refractivity contribution >= 4 is 15.9 Å². The summed E-state index contributed by atoms with van der Waals surface area (Å²) in [6, 6.07) is 12.8. The second-order valence-electron chi connectivity index (χ2n) is 7.15. The van der Waals surface area contributed by atoms with Gasteiger partial charge in [0.05, 0.1) is 18.2 Å². The Kier molecular flexibility index (Phi) is 6.96. The Hall–Kier alpha value is -2.33. The zero-order valence-electron chi connectivity index (χ0n) is 16.0. The number of pyridine rings is 1. The number of aliphatic hydroxyl groups is 1. The molecule has 1 fully saturated rings. The molecular formula is C20H26N4O4S. The first kappa shape index (κ1) is 21.4. The Balaban J connectivity index is 1.62. The molecule has 4 N–H and O–H groups in total. The van der Waals surface area contributed by atoms with E-state index in [0.717, 1.165) is 5.56 Å². The summed E-state index contributed by atoms with van der Waals surface area (Å²) in [6.45, 7) is 0.135. The topological polar surface area (TPSA) is 126 Å². The van der Waals surface area contributed by atoms with Gasteiger partial charge in [0, 0.05) is 19.3 Å². The van der Waals surface area contributed by atoms with Gasteiger partial charge in [-0.3, -0.25) is 4.79 Å². The molecule has 1 saturated heterocycles. The number of hydrogen-bond donors (Lipinski definition) is 3. The van der Waals surface area contributed by atoms with E-state index in [1.165, 1.54) is 16.6 Å². The first-order valence-electron chi connectivity index (χ1n) is 9.57. The van der Waals surface area contributed by atoms with Crippen molar-refractivity contribution in [2.75, 3.05) is 13.1 Å². The van der Waals surface area contributed by atoms with E-state index in [2.05, 4.69) is 10.3 Å². The highest BCUT2D eigenvalue weighted by molar-refractivity contribution is 7.89. The van der Waals surface area contributed by atoms with Gasteiger partial charge >= 0.3 is 0 Å². The van der Waals surface area contributed by atoms with Crippen LogP contribution in [0.5, 0.6) is 0 Å². The minimum atomic E-state index is -3.80. The van der Waals surface area contributed by atoms with Crippen LogP contribution in [-0.2, 0) is 21.2 Å². The molecule has 9 heteroatoms. The Labute approximate surface area is 170 Å². The molecular weight excluding hydrogens is 392 g/mol. The quantitative estimate of drug-likeness (QED) is 0.619. The van der Waals surface area contributed by atoms with Crippen molar-refractivity contribution in [3.05, 3.63) is 60.3 Å². The van der Waals surface area contributed by atoms with Gasteiger partial charge in [-0.1, -0.05) is 36.4 Å². The van der Waals surface area contributed by atoms with Gasteiger partial charge in [0.2, 0.25) is 5.91 Å². The van der Waals surface area contributed by atoms with Crippen LogP contribution in [-0.4, -0.2) is 60.0 Å². The van der Waals surface area contributed by atoms with Crippen molar-refractivity contribution in [2.24, 2.45) is 5.73 Å². The fraction of sp³-hybridized carbons (Fsp3) is 0.400. The fourth-order valence-corrected chi connectivity index (χ4v) is 4.80. The molecule has 2 unspecified atom stereocenters. The fourth-order valence-electron chi connectivity index (χ4n) is 3.38. The maximum Gasteiger partial charge on any atom is 0.260 e. The van der Waals surface area contributed by atoms with Crippen LogP contribution >= 0.6 is 0 Å². The van der Waals surface area contributed by atoms with E-state index in [0.29, 0.717) is 19.3 Å². The van der Waals surface area contributed by atoms with E-state index >= 15 is 0 Å². The SMILES string of the molecule is NC(Cc1ccccc1)C(=O)NC1CCCN(S(=O)(=O)c2ccccn2)C[C@@H]1O. The largest absolute Gasteiger partial charge is 0.390 e. The van der Waals surface area contributed by atoms with Crippen molar-refractivity contribution < 1.29 is 18.3 Å². The minimum absolute atomic E-state index is 0.0560. The maximum absolute atomic E-state index is 12.8. The van der Waals surface area contributed by atoms with Crippen LogP contribution in [0.1, 0.15) is 18.4 Å². The van der Waals surface area contributed by atoms with Gasteiger partial charge in [-0.05, 0) is 37.0 Å². The summed E-state index contributed by atoms with van der Waals surface area (Å²) in [5, 5.41) is 13.3. The van der Waals surface area contributed by atoms with Gasteiger partial charge in [-0.2, -0.15) is 4.31 Å². The number of rotatable bonds is 6. The van der Waals surface area contributed by atoms with Crippen molar-refractivity contribution in [1.29, 1.82) is 0 Å². The standard InChI is InChI=1S/C20H26N4O4S/c21-16(13-15-7-2-1-3-8-15)20(26)23-17-9-6-12-24(14-18(17)25)29(27,28)19-10-4-5-11-22-19/h1-5,7-8,10-11,16-18,25H,6,9,12-14,21H2,(H,23,26)/t16?,17?,18-/m0/s1. The van der Waals surface area contributed by atoms with Crippen LogP contribution in [0.25, 0.3) is 0 Å². The molecule has 0 spiro atoms. The number of carbonyl (C=O) groups excluding carboxylic acids is 1. The van der Waals surface area contributed by atoms with Crippen molar-refractivity contribution in [1.82, 2.24) is 14.6 Å². The number of hydrogen-bond acceptors (Lipinski definition) is 6. The number of nitrogens with two attached hydrogens (primary N) is 1. The molecule has 3 atom stereocenters. The molecule has 2 aromatic rings. The number of nitrogens with zero attached hydrogens (tertiary/aromatic N) is 2. The lowest BCUT2D eigenvalue weighted by molar-refractivity contribution is -0.123. The molecule has 0 saturated carbocycles. The van der Waals surface area contributed by atoms with E-state index in [4.69, 9.17) is 5.73 Å². The Morgan fingerprint density at radius 2 is 1.97 bits per heavy atom. The second-order valence-corrected chi connectivity index (χ2v) is 9.04. The van der Waals surface area contributed by atoms with Crippen molar-refractivity contribution in [2.45, 2.75) is 42.5 Å². The van der Waals surface area contributed by atoms with Gasteiger partial charge in [-0.15, -0.1) is 0 Å². The highest BCUT2D eigenvalue weighted by atomic mass is 32.2. The molecule has 8 nitrogen and oxygen atoms in total. The van der Waals surface area contributed by atoms with E-state index in [1.807, 2.05) is 30.3 Å². The third-order valence-electron chi connectivity index (χ3n) is 4.98. The molecule has 0 aliphatic carbocycles. The van der Waals surface area contributed by atoms with Gasteiger partial charge in [-0.25, -0.2) is 13.4 Å². The van der Waals surface area contributed by atoms with Crippen LogP contribution in [0.15, 0.2) is 59.8 Å². The zero-order chi connectivity index (χ0) is 20.9. The number of amides is 1. The van der Waals surface area contributed by atoms with Crippen LogP contribution in [0.2, 0.25) is 0 Å². The number of aliphatic hydroxyl groups excluding tert-OH is 1. The predicted octanol–water partition coefficient (Wildman–Crippen LogP) is 0.282. The van der Waals surface area contributed by atoms with Crippen molar-refractivity contribution in [3.8, 4) is 0 Å². The zero-order valence-corrected chi connectivity index (χ0v) is 16.8. The normalized spacial score (nSPS) is 21.9. The van der Waals surface area contributed by atoms with E-state index in [9.17, 15) is 18.3 Å². The number of benzene rings is 1. The average molecular weight is 419 g/mol. The predicted molar refractivity (Wildman–Crippen MR) is 108 cm³/mol. The molecule has 1 amide bonds. The van der Waals surface area contributed by atoms with Crippen molar-refractivity contribution in [3.63, 3.8) is 0 Å². The molecule has 1 aliphatic rings. The van der Waals surface area contributed by atoms with Gasteiger partial charge in [0.1, 0.15) is 0 Å². The number of β-amino-alcohol motifs (C(OH)–C–C–N with tert-alkyl or cyclic N) is 1. The Bertz CT molecular complexity index is 909. The summed E-state index contributed by atoms with van der Waals surface area (Å²) >= 11 is 0. The molecule has 2 heterocycles. The highest BCUT2D eigenvalue weighted by Crippen LogP contribution is 2.19. The van der Waals surface area contributed by atoms with Gasteiger partial charge in [0.15, 0.2) is 5.03 Å². The molecule has 1 aliphatic heterocycles. The molecule has 156 valence electrons. The van der Waals surface area contributed by atoms with Gasteiger partial charge in [0.25, 0.3) is 10.0 Å². The molecule has 0 bridgehead atoms. The molecule has 29 heavy (non-hydrogen) atoms. The number of aromatic nitrogens is 1. The summed E-state index contributed by atoms with van der Waals surface area (Å²) in [6.07, 6.45) is 1.72. The smallest absolute Gasteiger partial charge is 0.260 e. The number of nitrogens with one attached hydrogen (secondary N) is 1. The average Bonchev–Trinajstić information content (AvgIpc) is 2.91. The molecule has 3 rings (SSSR count). The van der Waals surface area contributed by atoms with Gasteiger partial charge < -0.3 is 16.2 Å². The number of sulfonamides is 1. The monoisotopic (exact) mass is 418 g/mol. The Morgan fingerprint density at radius 1 is 1.24 bits per heavy atom. The summed E-state index contributed by atoms with van der Waals surface area (Å²) in [7, 11) is -3.80. The lowest BCUT2D eigenvalue weighted by Gasteiger charge is -2.25.